The van der Waals surface area contributed by atoms with Gasteiger partial charge in [-0.15, -0.1) is 10.2 Å². The van der Waals surface area contributed by atoms with E-state index in [1.165, 1.54) is 33.1 Å². The lowest BCUT2D eigenvalue weighted by atomic mass is 10.2. The van der Waals surface area contributed by atoms with Crippen molar-refractivity contribution in [1.82, 2.24) is 14.8 Å². The normalized spacial score (nSPS) is 13.4. The number of carbonyl (C=O) groups is 1. The summed E-state index contributed by atoms with van der Waals surface area (Å²) in [5, 5.41) is 12.4. The largest absolute Gasteiger partial charge is 0.493 e. The van der Waals surface area contributed by atoms with Gasteiger partial charge in [0.25, 0.3) is 0 Å². The lowest BCUT2D eigenvalue weighted by Gasteiger charge is -2.28. The predicted molar refractivity (Wildman–Crippen MR) is 135 cm³/mol. The molecule has 0 spiro atoms. The smallest absolute Gasteiger partial charge is 0.234 e. The molecule has 1 aliphatic rings. The van der Waals surface area contributed by atoms with Crippen LogP contribution in [0, 0.1) is 6.92 Å². The lowest BCUT2D eigenvalue weighted by molar-refractivity contribution is -0.113. The number of thioether (sulfide) groups is 1. The van der Waals surface area contributed by atoms with Crippen LogP contribution in [0.4, 0.5) is 11.6 Å². The zero-order valence-electron chi connectivity index (χ0n) is 20.2. The number of ether oxygens (including phenoxy) is 4. The van der Waals surface area contributed by atoms with Gasteiger partial charge in [0, 0.05) is 30.9 Å². The minimum absolute atomic E-state index is 0.143. The molecule has 1 amide bonds. The third-order valence-corrected chi connectivity index (χ3v) is 6.48. The molecular weight excluding hydrogens is 470 g/mol. The molecule has 0 aliphatic carbocycles. The van der Waals surface area contributed by atoms with Gasteiger partial charge in [0.2, 0.25) is 17.6 Å². The van der Waals surface area contributed by atoms with Crippen LogP contribution in [0.2, 0.25) is 0 Å². The fourth-order valence-electron chi connectivity index (χ4n) is 3.83. The maximum atomic E-state index is 12.8. The topological polar surface area (TPSA) is 100.0 Å². The standard InChI is InChI=1S/C24H29N5O5S/c1-16-7-5-6-8-18(16)29-23(28-9-11-34-12-10-28)26-27-24(29)35-15-21(30)25-17-13-19(31-2)22(33-4)20(14-17)32-3/h5-8,13-14H,9-12,15H2,1-4H3,(H,25,30). The van der Waals surface area contributed by atoms with E-state index in [-0.39, 0.29) is 11.7 Å². The summed E-state index contributed by atoms with van der Waals surface area (Å²) in [6.45, 7) is 4.79. The van der Waals surface area contributed by atoms with Crippen LogP contribution in [-0.2, 0) is 9.53 Å². The zero-order chi connectivity index (χ0) is 24.8. The van der Waals surface area contributed by atoms with E-state index in [0.717, 1.165) is 30.3 Å². The van der Waals surface area contributed by atoms with Crippen LogP contribution in [0.1, 0.15) is 5.56 Å². The molecule has 2 aromatic carbocycles. The van der Waals surface area contributed by atoms with E-state index >= 15 is 0 Å². The molecule has 186 valence electrons. The molecule has 1 saturated heterocycles. The number of morpholine rings is 1. The summed E-state index contributed by atoms with van der Waals surface area (Å²) in [7, 11) is 4.59. The van der Waals surface area contributed by atoms with Crippen LogP contribution in [0.25, 0.3) is 5.69 Å². The van der Waals surface area contributed by atoms with Crippen molar-refractivity contribution in [3.05, 3.63) is 42.0 Å². The molecular formula is C24H29N5O5S. The van der Waals surface area contributed by atoms with Crippen molar-refractivity contribution in [2.24, 2.45) is 0 Å². The number of nitrogens with one attached hydrogen (secondary N) is 1. The Hall–Kier alpha value is -3.44. The third kappa shape index (κ3) is 5.46. The van der Waals surface area contributed by atoms with E-state index in [0.29, 0.717) is 41.3 Å². The molecule has 3 aromatic rings. The molecule has 35 heavy (non-hydrogen) atoms. The number of nitrogens with zero attached hydrogens (tertiary/aromatic N) is 4. The Balaban J connectivity index is 1.54. The number of hydrogen-bond donors (Lipinski definition) is 1. The van der Waals surface area contributed by atoms with E-state index in [9.17, 15) is 4.79 Å². The van der Waals surface area contributed by atoms with Crippen LogP contribution < -0.4 is 24.4 Å². The number of hydrogen-bond acceptors (Lipinski definition) is 9. The highest BCUT2D eigenvalue weighted by Gasteiger charge is 2.23. The molecule has 4 rings (SSSR count). The monoisotopic (exact) mass is 499 g/mol. The summed E-state index contributed by atoms with van der Waals surface area (Å²) >= 11 is 1.32. The van der Waals surface area contributed by atoms with Crippen molar-refractivity contribution in [3.8, 4) is 22.9 Å². The molecule has 0 radical (unpaired) electrons. The molecule has 11 heteroatoms. The van der Waals surface area contributed by atoms with E-state index in [1.807, 2.05) is 35.8 Å². The van der Waals surface area contributed by atoms with Crippen molar-refractivity contribution in [2.45, 2.75) is 12.1 Å². The summed E-state index contributed by atoms with van der Waals surface area (Å²) in [6, 6.07) is 11.4. The molecule has 2 heterocycles. The molecule has 1 N–H and O–H groups in total. The summed E-state index contributed by atoms with van der Waals surface area (Å²) in [4.78, 5) is 15.0. The van der Waals surface area contributed by atoms with Crippen molar-refractivity contribution in [1.29, 1.82) is 0 Å². The van der Waals surface area contributed by atoms with Crippen LogP contribution in [0.5, 0.6) is 17.2 Å². The average molecular weight is 500 g/mol. The van der Waals surface area contributed by atoms with E-state index in [4.69, 9.17) is 18.9 Å². The highest BCUT2D eigenvalue weighted by molar-refractivity contribution is 7.99. The SMILES string of the molecule is COc1cc(NC(=O)CSc2nnc(N3CCOCC3)n2-c2ccccc2C)cc(OC)c1OC. The van der Waals surface area contributed by atoms with Gasteiger partial charge >= 0.3 is 0 Å². The summed E-state index contributed by atoms with van der Waals surface area (Å²) in [5.74, 6) is 2.08. The number of methoxy groups -OCH3 is 3. The molecule has 0 unspecified atom stereocenters. The molecule has 0 atom stereocenters. The van der Waals surface area contributed by atoms with Gasteiger partial charge in [-0.25, -0.2) is 0 Å². The fraction of sp³-hybridized carbons (Fsp3) is 0.375. The number of aryl methyl sites for hydroxylation is 1. The Kier molecular flexibility index (Phi) is 7.98. The Bertz CT molecular complexity index is 1150. The summed E-state index contributed by atoms with van der Waals surface area (Å²) in [6.07, 6.45) is 0. The highest BCUT2D eigenvalue weighted by Crippen LogP contribution is 2.40. The van der Waals surface area contributed by atoms with Crippen LogP contribution in [-0.4, -0.2) is 74.1 Å². The van der Waals surface area contributed by atoms with E-state index in [2.05, 4.69) is 20.4 Å². The minimum Gasteiger partial charge on any atom is -0.493 e. The Morgan fingerprint density at radius 1 is 1.06 bits per heavy atom. The molecule has 0 bridgehead atoms. The molecule has 1 aromatic heterocycles. The van der Waals surface area contributed by atoms with Gasteiger partial charge in [0.15, 0.2) is 16.7 Å². The number of anilines is 2. The van der Waals surface area contributed by atoms with Gasteiger partial charge in [-0.1, -0.05) is 30.0 Å². The van der Waals surface area contributed by atoms with Crippen LogP contribution in [0.15, 0.2) is 41.6 Å². The maximum absolute atomic E-state index is 12.8. The Morgan fingerprint density at radius 3 is 2.37 bits per heavy atom. The zero-order valence-corrected chi connectivity index (χ0v) is 21.1. The van der Waals surface area contributed by atoms with Crippen molar-refractivity contribution in [3.63, 3.8) is 0 Å². The van der Waals surface area contributed by atoms with Gasteiger partial charge in [-0.2, -0.15) is 0 Å². The molecule has 10 nitrogen and oxygen atoms in total. The second-order valence-corrected chi connectivity index (χ2v) is 8.70. The minimum atomic E-state index is -0.198. The average Bonchev–Trinajstić information content (AvgIpc) is 3.31. The third-order valence-electron chi connectivity index (χ3n) is 5.55. The maximum Gasteiger partial charge on any atom is 0.234 e. The first kappa shape index (κ1) is 24.7. The molecule has 1 aliphatic heterocycles. The predicted octanol–water partition coefficient (Wildman–Crippen LogP) is 3.17. The van der Waals surface area contributed by atoms with Crippen molar-refractivity contribution >= 4 is 29.3 Å². The van der Waals surface area contributed by atoms with Crippen LogP contribution in [0.3, 0.4) is 0 Å². The number of rotatable bonds is 9. The number of amides is 1. The second-order valence-electron chi connectivity index (χ2n) is 7.75. The summed E-state index contributed by atoms with van der Waals surface area (Å²) in [5.41, 5.74) is 2.61. The first-order valence-electron chi connectivity index (χ1n) is 11.1. The fourth-order valence-corrected chi connectivity index (χ4v) is 4.57. The van der Waals surface area contributed by atoms with Gasteiger partial charge in [-0.05, 0) is 18.6 Å². The molecule has 1 fully saturated rings. The second kappa shape index (κ2) is 11.3. The van der Waals surface area contributed by atoms with Gasteiger partial charge < -0.3 is 29.2 Å². The highest BCUT2D eigenvalue weighted by atomic mass is 32.2. The number of aromatic nitrogens is 3. The van der Waals surface area contributed by atoms with Gasteiger partial charge in [0.05, 0.1) is 46.0 Å². The quantitative estimate of drug-likeness (QED) is 0.445. The Labute approximate surface area is 208 Å². The first-order chi connectivity index (χ1) is 17.0. The number of benzene rings is 2. The number of carbonyl (C=O) groups excluding carboxylic acids is 1. The lowest BCUT2D eigenvalue weighted by Crippen LogP contribution is -2.38. The Morgan fingerprint density at radius 2 is 1.74 bits per heavy atom. The summed E-state index contributed by atoms with van der Waals surface area (Å²) < 4.78 is 23.6. The van der Waals surface area contributed by atoms with Gasteiger partial charge in [0.1, 0.15) is 0 Å². The van der Waals surface area contributed by atoms with Gasteiger partial charge in [-0.3, -0.25) is 9.36 Å². The van der Waals surface area contributed by atoms with Crippen molar-refractivity contribution in [2.75, 3.05) is 63.6 Å². The first-order valence-corrected chi connectivity index (χ1v) is 12.1. The van der Waals surface area contributed by atoms with E-state index in [1.54, 1.807) is 12.1 Å². The molecule has 0 saturated carbocycles. The van der Waals surface area contributed by atoms with E-state index < -0.39 is 0 Å². The van der Waals surface area contributed by atoms with Crippen molar-refractivity contribution < 1.29 is 23.7 Å². The number of para-hydroxylation sites is 1. The van der Waals surface area contributed by atoms with Crippen LogP contribution >= 0.6 is 11.8 Å².